The van der Waals surface area contributed by atoms with Crippen LogP contribution in [0.25, 0.3) is 0 Å². The van der Waals surface area contributed by atoms with Gasteiger partial charge in [0.15, 0.2) is 0 Å². The molecule has 6 heteroatoms. The second-order valence-corrected chi connectivity index (χ2v) is 6.29. The molecular weight excluding hydrogens is 405 g/mol. The first-order valence-electron chi connectivity index (χ1n) is 7.16. The molecule has 0 atom stereocenters. The topological polar surface area (TPSA) is 61.8 Å². The SMILES string of the molecule is O=C(Nc1ccc(I)cc1)C1=NN(c2ccccc2)C(=O)CC1. The number of amides is 2. The van der Waals surface area contributed by atoms with Gasteiger partial charge in [-0.2, -0.15) is 5.10 Å². The van der Waals surface area contributed by atoms with Crippen molar-refractivity contribution in [1.82, 2.24) is 0 Å². The van der Waals surface area contributed by atoms with Crippen molar-refractivity contribution in [2.45, 2.75) is 12.8 Å². The molecule has 5 nitrogen and oxygen atoms in total. The highest BCUT2D eigenvalue weighted by molar-refractivity contribution is 14.1. The second kappa shape index (κ2) is 6.91. The van der Waals surface area contributed by atoms with E-state index in [0.717, 1.165) is 3.57 Å². The predicted molar refractivity (Wildman–Crippen MR) is 98.4 cm³/mol. The lowest BCUT2D eigenvalue weighted by Crippen LogP contribution is -2.36. The van der Waals surface area contributed by atoms with Gasteiger partial charge in [-0.3, -0.25) is 9.59 Å². The molecule has 1 N–H and O–H groups in total. The van der Waals surface area contributed by atoms with Crippen LogP contribution in [-0.4, -0.2) is 17.5 Å². The fourth-order valence-corrected chi connectivity index (χ4v) is 2.58. The molecule has 0 saturated carbocycles. The molecule has 0 aliphatic carbocycles. The molecular formula is C17H14IN3O2. The van der Waals surface area contributed by atoms with Crippen LogP contribution >= 0.6 is 22.6 Å². The van der Waals surface area contributed by atoms with Crippen molar-refractivity contribution in [1.29, 1.82) is 0 Å². The Balaban J connectivity index is 1.80. The Labute approximate surface area is 147 Å². The third-order valence-electron chi connectivity index (χ3n) is 3.40. The number of hydrazone groups is 1. The lowest BCUT2D eigenvalue weighted by atomic mass is 10.1. The molecule has 0 aromatic heterocycles. The van der Waals surface area contributed by atoms with Crippen LogP contribution in [0.15, 0.2) is 59.7 Å². The number of para-hydroxylation sites is 1. The van der Waals surface area contributed by atoms with E-state index in [4.69, 9.17) is 0 Å². The maximum Gasteiger partial charge on any atom is 0.271 e. The molecule has 1 aliphatic rings. The maximum atomic E-state index is 12.4. The highest BCUT2D eigenvalue weighted by atomic mass is 127. The molecule has 0 radical (unpaired) electrons. The Morgan fingerprint density at radius 1 is 1.04 bits per heavy atom. The minimum absolute atomic E-state index is 0.109. The summed E-state index contributed by atoms with van der Waals surface area (Å²) in [7, 11) is 0. The first kappa shape index (κ1) is 15.7. The number of hydrogen-bond donors (Lipinski definition) is 1. The van der Waals surface area contributed by atoms with E-state index in [9.17, 15) is 9.59 Å². The fraction of sp³-hybridized carbons (Fsp3) is 0.118. The lowest BCUT2D eigenvalue weighted by Gasteiger charge is -2.23. The summed E-state index contributed by atoms with van der Waals surface area (Å²) in [5.41, 5.74) is 1.73. The van der Waals surface area contributed by atoms with E-state index < -0.39 is 0 Å². The third-order valence-corrected chi connectivity index (χ3v) is 4.12. The first-order valence-corrected chi connectivity index (χ1v) is 8.24. The van der Waals surface area contributed by atoms with Crippen LogP contribution in [0.2, 0.25) is 0 Å². The molecule has 116 valence electrons. The zero-order chi connectivity index (χ0) is 16.2. The molecule has 2 amide bonds. The number of benzene rings is 2. The number of carbonyl (C=O) groups excluding carboxylic acids is 2. The summed E-state index contributed by atoms with van der Waals surface area (Å²) in [5, 5.41) is 8.35. The lowest BCUT2D eigenvalue weighted by molar-refractivity contribution is -0.118. The van der Waals surface area contributed by atoms with Crippen LogP contribution in [0.3, 0.4) is 0 Å². The molecule has 3 rings (SSSR count). The van der Waals surface area contributed by atoms with Crippen molar-refractivity contribution >= 4 is 51.5 Å². The number of nitrogens with zero attached hydrogens (tertiary/aromatic N) is 2. The molecule has 0 saturated heterocycles. The summed E-state index contributed by atoms with van der Waals surface area (Å²) in [6.45, 7) is 0. The second-order valence-electron chi connectivity index (χ2n) is 5.05. The van der Waals surface area contributed by atoms with Gasteiger partial charge in [0.2, 0.25) is 5.91 Å². The van der Waals surface area contributed by atoms with Crippen LogP contribution < -0.4 is 10.3 Å². The van der Waals surface area contributed by atoms with E-state index in [2.05, 4.69) is 33.0 Å². The average Bonchev–Trinajstić information content (AvgIpc) is 2.58. The Hall–Kier alpha value is -2.22. The fourth-order valence-electron chi connectivity index (χ4n) is 2.22. The summed E-state index contributed by atoms with van der Waals surface area (Å²) in [6.07, 6.45) is 0.617. The van der Waals surface area contributed by atoms with E-state index in [1.807, 2.05) is 42.5 Å². The van der Waals surface area contributed by atoms with Gasteiger partial charge in [0.25, 0.3) is 5.91 Å². The first-order chi connectivity index (χ1) is 11.1. The van der Waals surface area contributed by atoms with Gasteiger partial charge in [0.1, 0.15) is 5.71 Å². The smallest absolute Gasteiger partial charge is 0.271 e. The van der Waals surface area contributed by atoms with E-state index in [0.29, 0.717) is 23.5 Å². The van der Waals surface area contributed by atoms with Crippen LogP contribution in [0.4, 0.5) is 11.4 Å². The van der Waals surface area contributed by atoms with Crippen molar-refractivity contribution in [2.24, 2.45) is 5.10 Å². The number of carbonyl (C=O) groups is 2. The molecule has 1 heterocycles. The van der Waals surface area contributed by atoms with Crippen LogP contribution in [-0.2, 0) is 9.59 Å². The standard InChI is InChI=1S/C17H14IN3O2/c18-12-6-8-13(9-7-12)19-17(23)15-10-11-16(22)21(20-15)14-4-2-1-3-5-14/h1-9H,10-11H2,(H,19,23). The van der Waals surface area contributed by atoms with Crippen LogP contribution in [0.5, 0.6) is 0 Å². The Morgan fingerprint density at radius 2 is 1.74 bits per heavy atom. The largest absolute Gasteiger partial charge is 0.321 e. The van der Waals surface area contributed by atoms with Crippen molar-refractivity contribution in [2.75, 3.05) is 10.3 Å². The molecule has 2 aromatic rings. The normalized spacial score (nSPS) is 14.4. The van der Waals surface area contributed by atoms with Gasteiger partial charge in [-0.1, -0.05) is 18.2 Å². The van der Waals surface area contributed by atoms with Crippen LogP contribution in [0, 0.1) is 3.57 Å². The van der Waals surface area contributed by atoms with Crippen molar-refractivity contribution in [3.8, 4) is 0 Å². The van der Waals surface area contributed by atoms with Crippen LogP contribution in [0.1, 0.15) is 12.8 Å². The quantitative estimate of drug-likeness (QED) is 0.776. The molecule has 1 aliphatic heterocycles. The molecule has 0 bridgehead atoms. The number of anilines is 2. The molecule has 23 heavy (non-hydrogen) atoms. The van der Waals surface area contributed by atoms with E-state index in [-0.39, 0.29) is 18.2 Å². The van der Waals surface area contributed by atoms with Gasteiger partial charge < -0.3 is 5.32 Å². The van der Waals surface area contributed by atoms with Gasteiger partial charge in [-0.05, 0) is 59.0 Å². The minimum Gasteiger partial charge on any atom is -0.321 e. The Morgan fingerprint density at radius 3 is 2.43 bits per heavy atom. The summed E-state index contributed by atoms with van der Waals surface area (Å²) in [5.74, 6) is -0.387. The summed E-state index contributed by atoms with van der Waals surface area (Å²) < 4.78 is 1.09. The van der Waals surface area contributed by atoms with Crippen molar-refractivity contribution in [3.05, 3.63) is 58.2 Å². The Bertz CT molecular complexity index is 757. The summed E-state index contributed by atoms with van der Waals surface area (Å²) in [4.78, 5) is 24.4. The number of nitrogens with one attached hydrogen (secondary N) is 1. The number of halogens is 1. The minimum atomic E-state index is -0.278. The zero-order valence-electron chi connectivity index (χ0n) is 12.2. The molecule has 0 unspecified atom stereocenters. The highest BCUT2D eigenvalue weighted by Crippen LogP contribution is 2.20. The predicted octanol–water partition coefficient (Wildman–Crippen LogP) is 3.41. The van der Waals surface area contributed by atoms with Gasteiger partial charge in [-0.15, -0.1) is 0 Å². The Kier molecular flexibility index (Phi) is 4.71. The number of hydrogen-bond acceptors (Lipinski definition) is 3. The molecule has 0 fully saturated rings. The van der Waals surface area contributed by atoms with E-state index in [1.165, 1.54) is 5.01 Å². The van der Waals surface area contributed by atoms with E-state index >= 15 is 0 Å². The van der Waals surface area contributed by atoms with Gasteiger partial charge in [0, 0.05) is 22.1 Å². The molecule has 2 aromatic carbocycles. The van der Waals surface area contributed by atoms with Gasteiger partial charge >= 0.3 is 0 Å². The summed E-state index contributed by atoms with van der Waals surface area (Å²) >= 11 is 2.20. The summed E-state index contributed by atoms with van der Waals surface area (Å²) in [6, 6.07) is 16.6. The highest BCUT2D eigenvalue weighted by Gasteiger charge is 2.25. The van der Waals surface area contributed by atoms with Crippen molar-refractivity contribution < 1.29 is 9.59 Å². The van der Waals surface area contributed by atoms with Gasteiger partial charge in [-0.25, -0.2) is 5.01 Å². The monoisotopic (exact) mass is 419 g/mol. The van der Waals surface area contributed by atoms with Gasteiger partial charge in [0.05, 0.1) is 5.69 Å². The molecule has 0 spiro atoms. The zero-order valence-corrected chi connectivity index (χ0v) is 14.4. The maximum absolute atomic E-state index is 12.4. The number of rotatable bonds is 3. The third kappa shape index (κ3) is 3.76. The average molecular weight is 419 g/mol. The van der Waals surface area contributed by atoms with E-state index in [1.54, 1.807) is 12.1 Å². The van der Waals surface area contributed by atoms with Crippen molar-refractivity contribution in [3.63, 3.8) is 0 Å².